The smallest absolute Gasteiger partial charge is 0.258 e. The van der Waals surface area contributed by atoms with Crippen LogP contribution in [0.3, 0.4) is 0 Å². The summed E-state index contributed by atoms with van der Waals surface area (Å²) < 4.78 is 0. The predicted octanol–water partition coefficient (Wildman–Crippen LogP) is 3.46. The number of nitrogens with zero attached hydrogens (tertiary/aromatic N) is 2. The Bertz CT molecular complexity index is 800. The summed E-state index contributed by atoms with van der Waals surface area (Å²) in [4.78, 5) is 14.3. The molecule has 106 valence electrons. The van der Waals surface area contributed by atoms with Gasteiger partial charge in [0.2, 0.25) is 0 Å². The fraction of sp³-hybridized carbons (Fsp3) is 0.176. The van der Waals surface area contributed by atoms with Crippen molar-refractivity contribution in [2.45, 2.75) is 13.8 Å². The van der Waals surface area contributed by atoms with Crippen LogP contribution < -0.4 is 4.90 Å². The molecule has 4 nitrogen and oxygen atoms in total. The van der Waals surface area contributed by atoms with Crippen LogP contribution in [0.5, 0.6) is 0 Å². The normalized spacial score (nSPS) is 10.8. The van der Waals surface area contributed by atoms with E-state index < -0.39 is 0 Å². The van der Waals surface area contributed by atoms with Gasteiger partial charge >= 0.3 is 0 Å². The number of carbonyl (C=O) groups excluding carboxylic acids is 1. The first-order chi connectivity index (χ1) is 10.0. The highest BCUT2D eigenvalue weighted by Gasteiger charge is 2.14. The molecular formula is C17H17N3O. The van der Waals surface area contributed by atoms with Crippen LogP contribution in [0.4, 0.5) is 5.69 Å². The lowest BCUT2D eigenvalue weighted by molar-refractivity contribution is 0.0993. The summed E-state index contributed by atoms with van der Waals surface area (Å²) in [5.74, 6) is -0.0310. The van der Waals surface area contributed by atoms with Crippen molar-refractivity contribution in [2.75, 3.05) is 11.9 Å². The van der Waals surface area contributed by atoms with Crippen LogP contribution >= 0.6 is 0 Å². The molecule has 1 heterocycles. The number of aromatic nitrogens is 2. The summed E-state index contributed by atoms with van der Waals surface area (Å²) >= 11 is 0. The monoisotopic (exact) mass is 279 g/mol. The topological polar surface area (TPSA) is 49.0 Å². The van der Waals surface area contributed by atoms with E-state index in [0.29, 0.717) is 5.56 Å². The van der Waals surface area contributed by atoms with Gasteiger partial charge in [0, 0.05) is 23.7 Å². The van der Waals surface area contributed by atoms with Gasteiger partial charge in [0.1, 0.15) is 0 Å². The molecule has 4 heteroatoms. The molecule has 0 aliphatic rings. The molecule has 3 aromatic rings. The molecule has 0 saturated carbocycles. The molecular weight excluding hydrogens is 262 g/mol. The molecule has 3 rings (SSSR count). The van der Waals surface area contributed by atoms with E-state index in [1.54, 1.807) is 18.1 Å². The number of carbonyl (C=O) groups is 1. The van der Waals surface area contributed by atoms with E-state index >= 15 is 0 Å². The highest BCUT2D eigenvalue weighted by atomic mass is 16.2. The fourth-order valence-electron chi connectivity index (χ4n) is 2.53. The average Bonchev–Trinajstić information content (AvgIpc) is 2.92. The highest BCUT2D eigenvalue weighted by Crippen LogP contribution is 2.21. The van der Waals surface area contributed by atoms with Crippen LogP contribution in [0.1, 0.15) is 21.5 Å². The van der Waals surface area contributed by atoms with Crippen molar-refractivity contribution in [2.24, 2.45) is 0 Å². The number of hydrogen-bond acceptors (Lipinski definition) is 2. The lowest BCUT2D eigenvalue weighted by atomic mass is 10.1. The van der Waals surface area contributed by atoms with Crippen molar-refractivity contribution in [1.82, 2.24) is 10.2 Å². The summed E-state index contributed by atoms with van der Waals surface area (Å²) in [5.41, 5.74) is 4.72. The molecule has 0 atom stereocenters. The van der Waals surface area contributed by atoms with Gasteiger partial charge in [-0.2, -0.15) is 5.10 Å². The Morgan fingerprint density at radius 3 is 2.52 bits per heavy atom. The number of anilines is 1. The standard InChI is InChI=1S/C17H17N3O/c1-11-6-12(2)8-15(7-11)20(3)17(21)13-4-5-14-10-18-19-16(14)9-13/h4-10H,1-3H3,(H,18,19). The van der Waals surface area contributed by atoms with Gasteiger partial charge in [-0.05, 0) is 49.2 Å². The first-order valence-electron chi connectivity index (χ1n) is 6.84. The summed E-state index contributed by atoms with van der Waals surface area (Å²) in [6.07, 6.45) is 1.75. The maximum atomic E-state index is 12.6. The van der Waals surface area contributed by atoms with Crippen LogP contribution in [0.15, 0.2) is 42.6 Å². The van der Waals surface area contributed by atoms with Crippen LogP contribution in [0.25, 0.3) is 10.9 Å². The molecule has 2 aromatic carbocycles. The van der Waals surface area contributed by atoms with Crippen molar-refractivity contribution >= 4 is 22.5 Å². The zero-order valence-electron chi connectivity index (χ0n) is 12.3. The second-order valence-electron chi connectivity index (χ2n) is 5.38. The van der Waals surface area contributed by atoms with Gasteiger partial charge in [0.25, 0.3) is 5.91 Å². The van der Waals surface area contributed by atoms with Crippen molar-refractivity contribution in [3.63, 3.8) is 0 Å². The number of aryl methyl sites for hydroxylation is 2. The number of rotatable bonds is 2. The van der Waals surface area contributed by atoms with E-state index in [9.17, 15) is 4.79 Å². The Morgan fingerprint density at radius 1 is 1.10 bits per heavy atom. The van der Waals surface area contributed by atoms with Gasteiger partial charge < -0.3 is 4.90 Å². The molecule has 0 aliphatic carbocycles. The minimum Gasteiger partial charge on any atom is -0.311 e. The van der Waals surface area contributed by atoms with Gasteiger partial charge in [0.15, 0.2) is 0 Å². The minimum absolute atomic E-state index is 0.0310. The third kappa shape index (κ3) is 2.52. The van der Waals surface area contributed by atoms with E-state index in [-0.39, 0.29) is 5.91 Å². The first-order valence-corrected chi connectivity index (χ1v) is 6.84. The second kappa shape index (κ2) is 5.05. The Balaban J connectivity index is 1.96. The number of H-pyrrole nitrogens is 1. The first kappa shape index (κ1) is 13.4. The molecule has 0 unspecified atom stereocenters. The lowest BCUT2D eigenvalue weighted by Crippen LogP contribution is -2.26. The van der Waals surface area contributed by atoms with Crippen LogP contribution in [-0.4, -0.2) is 23.2 Å². The summed E-state index contributed by atoms with van der Waals surface area (Å²) in [6.45, 7) is 4.07. The molecule has 0 saturated heterocycles. The molecule has 0 fully saturated rings. The Morgan fingerprint density at radius 2 is 1.81 bits per heavy atom. The largest absolute Gasteiger partial charge is 0.311 e. The second-order valence-corrected chi connectivity index (χ2v) is 5.38. The van der Waals surface area contributed by atoms with Gasteiger partial charge in [-0.15, -0.1) is 0 Å². The van der Waals surface area contributed by atoms with Crippen LogP contribution in [-0.2, 0) is 0 Å². The quantitative estimate of drug-likeness (QED) is 0.781. The molecule has 1 amide bonds. The van der Waals surface area contributed by atoms with E-state index in [0.717, 1.165) is 27.7 Å². The van der Waals surface area contributed by atoms with Gasteiger partial charge in [-0.3, -0.25) is 9.89 Å². The molecule has 21 heavy (non-hydrogen) atoms. The fourth-order valence-corrected chi connectivity index (χ4v) is 2.53. The van der Waals surface area contributed by atoms with E-state index in [1.807, 2.05) is 44.2 Å². The van der Waals surface area contributed by atoms with Gasteiger partial charge in [-0.25, -0.2) is 0 Å². The van der Waals surface area contributed by atoms with Crippen LogP contribution in [0.2, 0.25) is 0 Å². The van der Waals surface area contributed by atoms with Crippen LogP contribution in [0, 0.1) is 13.8 Å². The molecule has 0 bridgehead atoms. The zero-order valence-corrected chi connectivity index (χ0v) is 12.3. The van der Waals surface area contributed by atoms with E-state index in [2.05, 4.69) is 16.3 Å². The third-order valence-electron chi connectivity index (χ3n) is 3.59. The zero-order chi connectivity index (χ0) is 15.0. The molecule has 1 N–H and O–H groups in total. The Hall–Kier alpha value is -2.62. The predicted molar refractivity (Wildman–Crippen MR) is 84.7 cm³/mol. The van der Waals surface area contributed by atoms with Gasteiger partial charge in [-0.1, -0.05) is 12.1 Å². The molecule has 1 aromatic heterocycles. The SMILES string of the molecule is Cc1cc(C)cc(N(C)C(=O)c2ccc3cn[nH]c3c2)c1. The number of fused-ring (bicyclic) bond motifs is 1. The minimum atomic E-state index is -0.0310. The lowest BCUT2D eigenvalue weighted by Gasteiger charge is -2.18. The van der Waals surface area contributed by atoms with E-state index in [4.69, 9.17) is 0 Å². The number of hydrogen-bond donors (Lipinski definition) is 1. The maximum Gasteiger partial charge on any atom is 0.258 e. The van der Waals surface area contributed by atoms with E-state index in [1.165, 1.54) is 0 Å². The molecule has 0 spiro atoms. The Kier molecular flexibility index (Phi) is 3.22. The average molecular weight is 279 g/mol. The number of benzene rings is 2. The van der Waals surface area contributed by atoms with Crippen molar-refractivity contribution in [1.29, 1.82) is 0 Å². The van der Waals surface area contributed by atoms with Gasteiger partial charge in [0.05, 0.1) is 11.7 Å². The third-order valence-corrected chi connectivity index (χ3v) is 3.59. The van der Waals surface area contributed by atoms with Crippen molar-refractivity contribution in [3.8, 4) is 0 Å². The van der Waals surface area contributed by atoms with Crippen molar-refractivity contribution < 1.29 is 4.79 Å². The number of nitrogens with one attached hydrogen (secondary N) is 1. The summed E-state index contributed by atoms with van der Waals surface area (Å²) in [6, 6.07) is 11.7. The summed E-state index contributed by atoms with van der Waals surface area (Å²) in [5, 5.41) is 7.87. The maximum absolute atomic E-state index is 12.6. The summed E-state index contributed by atoms with van der Waals surface area (Å²) in [7, 11) is 1.80. The molecule has 0 radical (unpaired) electrons. The number of amides is 1. The Labute approximate surface area is 123 Å². The molecule has 0 aliphatic heterocycles. The number of aromatic amines is 1. The highest BCUT2D eigenvalue weighted by molar-refractivity contribution is 6.07. The van der Waals surface area contributed by atoms with Crippen molar-refractivity contribution in [3.05, 3.63) is 59.3 Å².